The molecule has 8 rings (SSSR count). The summed E-state index contributed by atoms with van der Waals surface area (Å²) in [4.78, 5) is 2.41. The molecule has 0 aliphatic heterocycles. The van der Waals surface area contributed by atoms with Crippen molar-refractivity contribution in [1.82, 2.24) is 0 Å². The summed E-state index contributed by atoms with van der Waals surface area (Å²) in [5, 5.41) is 7.57. The molecule has 1 heteroatoms. The van der Waals surface area contributed by atoms with Gasteiger partial charge in [-0.3, -0.25) is 0 Å². The van der Waals surface area contributed by atoms with Crippen LogP contribution in [0.2, 0.25) is 0 Å². The summed E-state index contributed by atoms with van der Waals surface area (Å²) in [6.45, 7) is 4.72. The molecule has 0 aromatic heterocycles. The second kappa shape index (κ2) is 8.56. The van der Waals surface area contributed by atoms with Crippen LogP contribution in [0.5, 0.6) is 0 Å². The fourth-order valence-corrected chi connectivity index (χ4v) is 6.64. The Labute approximate surface area is 234 Å². The highest BCUT2D eigenvalue weighted by Gasteiger charge is 2.36. The van der Waals surface area contributed by atoms with Gasteiger partial charge in [0, 0.05) is 22.5 Å². The molecule has 0 atom stereocenters. The Hall–Kier alpha value is -4.88. The van der Waals surface area contributed by atoms with Crippen molar-refractivity contribution in [2.45, 2.75) is 19.3 Å². The number of anilines is 3. The van der Waals surface area contributed by atoms with Gasteiger partial charge in [0.25, 0.3) is 0 Å². The fraction of sp³-hybridized carbons (Fsp3) is 0.0769. The Morgan fingerprint density at radius 3 is 1.38 bits per heavy atom. The molecule has 1 nitrogen and oxygen atoms in total. The summed E-state index contributed by atoms with van der Waals surface area (Å²) >= 11 is 0. The molecule has 40 heavy (non-hydrogen) atoms. The third-order valence-electron chi connectivity index (χ3n) is 8.77. The third-order valence-corrected chi connectivity index (χ3v) is 8.77. The van der Waals surface area contributed by atoms with Crippen molar-refractivity contribution < 1.29 is 0 Å². The molecule has 0 bridgehead atoms. The molecule has 0 N–H and O–H groups in total. The zero-order valence-corrected chi connectivity index (χ0v) is 22.7. The van der Waals surface area contributed by atoms with Crippen molar-refractivity contribution in [2.75, 3.05) is 4.90 Å². The normalized spacial score (nSPS) is 13.4. The van der Waals surface area contributed by atoms with Crippen molar-refractivity contribution in [3.8, 4) is 11.1 Å². The third kappa shape index (κ3) is 3.48. The van der Waals surface area contributed by atoms with Crippen LogP contribution in [0.1, 0.15) is 25.0 Å². The van der Waals surface area contributed by atoms with E-state index in [-0.39, 0.29) is 5.41 Å². The molecule has 1 aliphatic carbocycles. The zero-order valence-electron chi connectivity index (χ0n) is 22.7. The minimum absolute atomic E-state index is 0.0516. The number of hydrogen-bond acceptors (Lipinski definition) is 1. The Morgan fingerprint density at radius 2 is 0.800 bits per heavy atom. The zero-order chi connectivity index (χ0) is 26.8. The van der Waals surface area contributed by atoms with E-state index in [4.69, 9.17) is 0 Å². The van der Waals surface area contributed by atoms with Crippen LogP contribution in [-0.4, -0.2) is 0 Å². The molecule has 1 aliphatic rings. The standard InChI is InChI=1S/C39H29N/c1-39(2)37-20-19-34(25-36(37)35-23-30-13-7-8-14-31(30)24-38(35)39)40(32-17-15-26-9-3-5-11-28(26)21-32)33-18-16-27-10-4-6-12-29(27)22-33/h3-25H,1-2H3. The van der Waals surface area contributed by atoms with Gasteiger partial charge in [-0.1, -0.05) is 105 Å². The van der Waals surface area contributed by atoms with E-state index in [2.05, 4.69) is 158 Å². The van der Waals surface area contributed by atoms with E-state index in [9.17, 15) is 0 Å². The van der Waals surface area contributed by atoms with Crippen molar-refractivity contribution in [3.05, 3.63) is 151 Å². The minimum Gasteiger partial charge on any atom is -0.310 e. The van der Waals surface area contributed by atoms with Gasteiger partial charge in [-0.25, -0.2) is 0 Å². The summed E-state index contributed by atoms with van der Waals surface area (Å²) in [5.74, 6) is 0. The van der Waals surface area contributed by atoms with Crippen molar-refractivity contribution >= 4 is 49.4 Å². The van der Waals surface area contributed by atoms with Crippen LogP contribution in [0.4, 0.5) is 17.1 Å². The van der Waals surface area contributed by atoms with Gasteiger partial charge in [-0.15, -0.1) is 0 Å². The van der Waals surface area contributed by atoms with E-state index >= 15 is 0 Å². The SMILES string of the molecule is CC1(C)c2ccc(N(c3ccc4ccccc4c3)c3ccc4ccccc4c3)cc2-c2cc3ccccc3cc21. The summed E-state index contributed by atoms with van der Waals surface area (Å²) in [5.41, 5.74) is 8.90. The fourth-order valence-electron chi connectivity index (χ4n) is 6.64. The highest BCUT2D eigenvalue weighted by molar-refractivity contribution is 5.96. The van der Waals surface area contributed by atoms with Crippen molar-refractivity contribution in [1.29, 1.82) is 0 Å². The lowest BCUT2D eigenvalue weighted by molar-refractivity contribution is 0.661. The van der Waals surface area contributed by atoms with Crippen molar-refractivity contribution in [3.63, 3.8) is 0 Å². The molecule has 0 heterocycles. The van der Waals surface area contributed by atoms with Gasteiger partial charge in [0.1, 0.15) is 0 Å². The lowest BCUT2D eigenvalue weighted by atomic mass is 9.82. The summed E-state index contributed by atoms with van der Waals surface area (Å²) in [7, 11) is 0. The van der Waals surface area contributed by atoms with Crippen LogP contribution in [0, 0.1) is 0 Å². The molecule has 0 saturated heterocycles. The maximum absolute atomic E-state index is 2.41. The summed E-state index contributed by atoms with van der Waals surface area (Å²) in [6, 6.07) is 51.3. The van der Waals surface area contributed by atoms with Crippen molar-refractivity contribution in [2.24, 2.45) is 0 Å². The molecular formula is C39H29N. The topological polar surface area (TPSA) is 3.24 Å². The molecular weight excluding hydrogens is 482 g/mol. The molecule has 0 amide bonds. The quantitative estimate of drug-likeness (QED) is 0.228. The van der Waals surface area contributed by atoms with Crippen LogP contribution in [0.3, 0.4) is 0 Å². The van der Waals surface area contributed by atoms with Crippen LogP contribution in [-0.2, 0) is 5.41 Å². The molecule has 7 aromatic carbocycles. The monoisotopic (exact) mass is 511 g/mol. The summed E-state index contributed by atoms with van der Waals surface area (Å²) in [6.07, 6.45) is 0. The van der Waals surface area contributed by atoms with Gasteiger partial charge in [0.15, 0.2) is 0 Å². The maximum atomic E-state index is 2.41. The van der Waals surface area contributed by atoms with Crippen LogP contribution in [0.15, 0.2) is 140 Å². The molecule has 0 spiro atoms. The number of nitrogens with zero attached hydrogens (tertiary/aromatic N) is 1. The predicted octanol–water partition coefficient (Wildman–Crippen LogP) is 10.9. The van der Waals surface area contributed by atoms with Gasteiger partial charge >= 0.3 is 0 Å². The molecule has 0 unspecified atom stereocenters. The first kappa shape index (κ1) is 23.0. The first-order chi connectivity index (χ1) is 19.6. The van der Waals surface area contributed by atoms with Gasteiger partial charge in [0.05, 0.1) is 0 Å². The minimum atomic E-state index is -0.0516. The number of benzene rings is 7. The maximum Gasteiger partial charge on any atom is 0.0468 e. The van der Waals surface area contributed by atoms with E-state index in [1.54, 1.807) is 0 Å². The van der Waals surface area contributed by atoms with Gasteiger partial charge in [-0.05, 0) is 103 Å². The average Bonchev–Trinajstić information content (AvgIpc) is 3.21. The molecule has 190 valence electrons. The van der Waals surface area contributed by atoms with E-state index in [1.165, 1.54) is 60.3 Å². The Balaban J connectivity index is 1.36. The van der Waals surface area contributed by atoms with E-state index in [0.29, 0.717) is 0 Å². The van der Waals surface area contributed by atoms with E-state index in [1.807, 2.05) is 0 Å². The Morgan fingerprint density at radius 1 is 0.375 bits per heavy atom. The lowest BCUT2D eigenvalue weighted by Crippen LogP contribution is -2.15. The van der Waals surface area contributed by atoms with Crippen LogP contribution >= 0.6 is 0 Å². The largest absolute Gasteiger partial charge is 0.310 e. The van der Waals surface area contributed by atoms with E-state index < -0.39 is 0 Å². The van der Waals surface area contributed by atoms with Gasteiger partial charge in [-0.2, -0.15) is 0 Å². The van der Waals surface area contributed by atoms with Gasteiger partial charge < -0.3 is 4.90 Å². The lowest BCUT2D eigenvalue weighted by Gasteiger charge is -2.27. The first-order valence-corrected chi connectivity index (χ1v) is 14.0. The Bertz CT molecular complexity index is 2020. The predicted molar refractivity (Wildman–Crippen MR) is 171 cm³/mol. The number of fused-ring (bicyclic) bond motifs is 6. The molecule has 0 fully saturated rings. The Kier molecular flexibility index (Phi) is 4.93. The molecule has 7 aromatic rings. The molecule has 0 saturated carbocycles. The average molecular weight is 512 g/mol. The molecule has 0 radical (unpaired) electrons. The highest BCUT2D eigenvalue weighted by atomic mass is 15.1. The van der Waals surface area contributed by atoms with Gasteiger partial charge in [0.2, 0.25) is 0 Å². The second-order valence-corrected chi connectivity index (χ2v) is 11.5. The number of rotatable bonds is 3. The van der Waals surface area contributed by atoms with Crippen LogP contribution < -0.4 is 4.90 Å². The van der Waals surface area contributed by atoms with Crippen LogP contribution in [0.25, 0.3) is 43.4 Å². The van der Waals surface area contributed by atoms with E-state index in [0.717, 1.165) is 11.4 Å². The highest BCUT2D eigenvalue weighted by Crippen LogP contribution is 2.51. The smallest absolute Gasteiger partial charge is 0.0468 e. The first-order valence-electron chi connectivity index (χ1n) is 14.0. The number of hydrogen-bond donors (Lipinski definition) is 0. The summed E-state index contributed by atoms with van der Waals surface area (Å²) < 4.78 is 0. The second-order valence-electron chi connectivity index (χ2n) is 11.5.